The van der Waals surface area contributed by atoms with Crippen molar-refractivity contribution >= 4 is 22.6 Å². The number of carbonyl (C=O) groups is 2. The van der Waals surface area contributed by atoms with Gasteiger partial charge in [0.15, 0.2) is 0 Å². The summed E-state index contributed by atoms with van der Waals surface area (Å²) < 4.78 is 4.75. The predicted molar refractivity (Wildman–Crippen MR) is 122 cm³/mol. The van der Waals surface area contributed by atoms with Gasteiger partial charge in [-0.15, -0.1) is 0 Å². The number of hydrogen-bond donors (Lipinski definition) is 2. The van der Waals surface area contributed by atoms with Crippen LogP contribution in [0.15, 0.2) is 66.7 Å². The standard InChI is InChI=1S/C26H28N2O3/c1-17(23-12-6-9-19-8-3-4-11-24(19)23)28-22-14-21(15-22)25(29)27-16-18-7-5-10-20(13-18)26(30)31-2/h3-13,17,21-22,28H,14-16H2,1-2H3,(H,27,29)/t17-,21?,22?/m1/s1. The van der Waals surface area contributed by atoms with Crippen molar-refractivity contribution in [2.24, 2.45) is 5.92 Å². The number of esters is 1. The van der Waals surface area contributed by atoms with Crippen LogP contribution in [0.2, 0.25) is 0 Å². The first kappa shape index (κ1) is 21.1. The highest BCUT2D eigenvalue weighted by Crippen LogP contribution is 2.31. The van der Waals surface area contributed by atoms with Gasteiger partial charge >= 0.3 is 5.97 Å². The van der Waals surface area contributed by atoms with Crippen LogP contribution < -0.4 is 10.6 Å². The molecule has 0 radical (unpaired) electrons. The Morgan fingerprint density at radius 2 is 1.77 bits per heavy atom. The van der Waals surface area contributed by atoms with E-state index >= 15 is 0 Å². The quantitative estimate of drug-likeness (QED) is 0.561. The highest BCUT2D eigenvalue weighted by atomic mass is 16.5. The average molecular weight is 417 g/mol. The summed E-state index contributed by atoms with van der Waals surface area (Å²) in [5, 5.41) is 9.19. The molecular weight excluding hydrogens is 388 g/mol. The maximum absolute atomic E-state index is 12.5. The molecule has 0 aliphatic heterocycles. The number of amides is 1. The summed E-state index contributed by atoms with van der Waals surface area (Å²) in [5.41, 5.74) is 2.66. The molecule has 3 aromatic rings. The zero-order chi connectivity index (χ0) is 21.8. The molecule has 0 unspecified atom stereocenters. The first-order chi connectivity index (χ1) is 15.0. The van der Waals surface area contributed by atoms with Crippen molar-refractivity contribution in [3.63, 3.8) is 0 Å². The molecule has 160 valence electrons. The molecule has 0 aromatic heterocycles. The van der Waals surface area contributed by atoms with Crippen LogP contribution in [0.4, 0.5) is 0 Å². The van der Waals surface area contributed by atoms with Crippen LogP contribution in [0, 0.1) is 5.92 Å². The van der Waals surface area contributed by atoms with E-state index in [1.54, 1.807) is 18.2 Å². The molecule has 1 aliphatic rings. The van der Waals surface area contributed by atoms with Crippen LogP contribution in [0.1, 0.15) is 47.3 Å². The van der Waals surface area contributed by atoms with E-state index in [1.165, 1.54) is 23.4 Å². The fourth-order valence-corrected chi connectivity index (χ4v) is 4.30. The second-order valence-electron chi connectivity index (χ2n) is 8.23. The fraction of sp³-hybridized carbons (Fsp3) is 0.308. The van der Waals surface area contributed by atoms with Crippen LogP contribution in [0.25, 0.3) is 10.8 Å². The summed E-state index contributed by atoms with van der Waals surface area (Å²) in [6.45, 7) is 2.59. The Morgan fingerprint density at radius 3 is 2.58 bits per heavy atom. The van der Waals surface area contributed by atoms with E-state index in [9.17, 15) is 9.59 Å². The summed E-state index contributed by atoms with van der Waals surface area (Å²) in [7, 11) is 1.36. The molecule has 5 nitrogen and oxygen atoms in total. The van der Waals surface area contributed by atoms with Crippen molar-refractivity contribution in [2.45, 2.75) is 38.4 Å². The van der Waals surface area contributed by atoms with Gasteiger partial charge in [0.05, 0.1) is 12.7 Å². The summed E-state index contributed by atoms with van der Waals surface area (Å²) in [5.74, 6) is -0.276. The molecule has 31 heavy (non-hydrogen) atoms. The van der Waals surface area contributed by atoms with Gasteiger partial charge in [-0.05, 0) is 53.8 Å². The summed E-state index contributed by atoms with van der Waals surface area (Å²) in [4.78, 5) is 24.2. The van der Waals surface area contributed by atoms with Crippen molar-refractivity contribution in [3.05, 3.63) is 83.4 Å². The molecule has 1 saturated carbocycles. The van der Waals surface area contributed by atoms with Gasteiger partial charge in [-0.2, -0.15) is 0 Å². The monoisotopic (exact) mass is 416 g/mol. The Labute approximate surface area is 182 Å². The number of nitrogens with one attached hydrogen (secondary N) is 2. The number of methoxy groups -OCH3 is 1. The Kier molecular flexibility index (Phi) is 6.33. The molecule has 0 heterocycles. The Balaban J connectivity index is 1.27. The van der Waals surface area contributed by atoms with Crippen molar-refractivity contribution in [2.75, 3.05) is 7.11 Å². The van der Waals surface area contributed by atoms with E-state index in [1.807, 2.05) is 6.07 Å². The third-order valence-electron chi connectivity index (χ3n) is 6.10. The predicted octanol–water partition coefficient (Wildman–Crippen LogP) is 4.37. The van der Waals surface area contributed by atoms with Gasteiger partial charge in [0.1, 0.15) is 0 Å². The molecule has 2 N–H and O–H groups in total. The van der Waals surface area contributed by atoms with E-state index in [0.717, 1.165) is 18.4 Å². The zero-order valence-electron chi connectivity index (χ0n) is 17.9. The Morgan fingerprint density at radius 1 is 1.03 bits per heavy atom. The van der Waals surface area contributed by atoms with E-state index in [2.05, 4.69) is 60.0 Å². The molecule has 1 fully saturated rings. The molecule has 0 saturated heterocycles. The maximum atomic E-state index is 12.5. The van der Waals surface area contributed by atoms with Crippen molar-refractivity contribution in [3.8, 4) is 0 Å². The van der Waals surface area contributed by atoms with E-state index < -0.39 is 0 Å². The maximum Gasteiger partial charge on any atom is 0.337 e. The van der Waals surface area contributed by atoms with Crippen LogP contribution in [-0.2, 0) is 16.1 Å². The van der Waals surface area contributed by atoms with Crippen LogP contribution in [0.3, 0.4) is 0 Å². The number of rotatable bonds is 7. The topological polar surface area (TPSA) is 67.4 Å². The van der Waals surface area contributed by atoms with E-state index in [0.29, 0.717) is 18.2 Å². The van der Waals surface area contributed by atoms with Gasteiger partial charge in [-0.25, -0.2) is 4.79 Å². The van der Waals surface area contributed by atoms with Crippen LogP contribution >= 0.6 is 0 Å². The van der Waals surface area contributed by atoms with Gasteiger partial charge in [-0.3, -0.25) is 4.79 Å². The lowest BCUT2D eigenvalue weighted by Crippen LogP contribution is -2.48. The highest BCUT2D eigenvalue weighted by molar-refractivity contribution is 5.89. The first-order valence-corrected chi connectivity index (χ1v) is 10.7. The molecule has 4 rings (SSSR count). The Bertz CT molecular complexity index is 1080. The molecule has 1 atom stereocenters. The van der Waals surface area contributed by atoms with E-state index in [4.69, 9.17) is 4.74 Å². The third kappa shape index (κ3) is 4.78. The molecule has 0 bridgehead atoms. The molecular formula is C26H28N2O3. The lowest BCUT2D eigenvalue weighted by Gasteiger charge is -2.37. The number of benzene rings is 3. The zero-order valence-corrected chi connectivity index (χ0v) is 17.9. The SMILES string of the molecule is COC(=O)c1cccc(CNC(=O)C2CC(N[C@H](C)c3cccc4ccccc34)C2)c1. The molecule has 3 aromatic carbocycles. The second-order valence-corrected chi connectivity index (χ2v) is 8.23. The van der Waals surface area contributed by atoms with Gasteiger partial charge in [0.25, 0.3) is 0 Å². The fourth-order valence-electron chi connectivity index (χ4n) is 4.30. The molecule has 5 heteroatoms. The smallest absolute Gasteiger partial charge is 0.337 e. The van der Waals surface area contributed by atoms with Gasteiger partial charge < -0.3 is 15.4 Å². The normalized spacial score (nSPS) is 18.8. The van der Waals surface area contributed by atoms with Gasteiger partial charge in [-0.1, -0.05) is 54.6 Å². The van der Waals surface area contributed by atoms with Crippen LogP contribution in [0.5, 0.6) is 0 Å². The molecule has 1 aliphatic carbocycles. The van der Waals surface area contributed by atoms with E-state index in [-0.39, 0.29) is 23.8 Å². The summed E-state index contributed by atoms with van der Waals surface area (Å²) in [6, 6.07) is 22.5. The largest absolute Gasteiger partial charge is 0.465 e. The summed E-state index contributed by atoms with van der Waals surface area (Å²) >= 11 is 0. The molecule has 0 spiro atoms. The number of fused-ring (bicyclic) bond motifs is 1. The number of carbonyl (C=O) groups excluding carboxylic acids is 2. The minimum absolute atomic E-state index is 0.0287. The Hall–Kier alpha value is -3.18. The minimum Gasteiger partial charge on any atom is -0.465 e. The first-order valence-electron chi connectivity index (χ1n) is 10.7. The highest BCUT2D eigenvalue weighted by Gasteiger charge is 2.35. The second kappa shape index (κ2) is 9.31. The summed E-state index contributed by atoms with van der Waals surface area (Å²) in [6.07, 6.45) is 1.67. The number of ether oxygens (including phenoxy) is 1. The van der Waals surface area contributed by atoms with Crippen LogP contribution in [-0.4, -0.2) is 25.0 Å². The van der Waals surface area contributed by atoms with Gasteiger partial charge in [0.2, 0.25) is 5.91 Å². The lowest BCUT2D eigenvalue weighted by atomic mass is 9.79. The average Bonchev–Trinajstić information content (AvgIpc) is 2.78. The van der Waals surface area contributed by atoms with Crippen molar-refractivity contribution in [1.29, 1.82) is 0 Å². The van der Waals surface area contributed by atoms with Gasteiger partial charge in [0, 0.05) is 24.5 Å². The number of hydrogen-bond acceptors (Lipinski definition) is 4. The minimum atomic E-state index is -0.374. The third-order valence-corrected chi connectivity index (χ3v) is 6.10. The molecule has 1 amide bonds. The van der Waals surface area contributed by atoms with Crippen molar-refractivity contribution < 1.29 is 14.3 Å². The lowest BCUT2D eigenvalue weighted by molar-refractivity contribution is -0.128. The van der Waals surface area contributed by atoms with Crippen molar-refractivity contribution in [1.82, 2.24) is 10.6 Å².